The summed E-state index contributed by atoms with van der Waals surface area (Å²) in [7, 11) is 0. The zero-order chi connectivity index (χ0) is 10.1. The highest BCUT2D eigenvalue weighted by atomic mass is 32.1. The summed E-state index contributed by atoms with van der Waals surface area (Å²) in [6, 6.07) is 3.34. The van der Waals surface area contributed by atoms with Gasteiger partial charge < -0.3 is 5.11 Å². The Morgan fingerprint density at radius 2 is 2.15 bits per heavy atom. The monoisotopic (exact) mass is 206 g/mol. The molecule has 4 heteroatoms. The van der Waals surface area contributed by atoms with Gasteiger partial charge in [0.1, 0.15) is 0 Å². The molecule has 74 valence electrons. The average Bonchev–Trinajstić information content (AvgIpc) is 2.51. The van der Waals surface area contributed by atoms with E-state index in [1.807, 2.05) is 6.92 Å². The molecule has 1 rings (SSSR count). The Labute approximate surface area is 80.0 Å². The van der Waals surface area contributed by atoms with Crippen molar-refractivity contribution in [2.45, 2.75) is 32.3 Å². The van der Waals surface area contributed by atoms with Crippen LogP contribution in [0.2, 0.25) is 0 Å². The van der Waals surface area contributed by atoms with Crippen molar-refractivity contribution in [2.24, 2.45) is 0 Å². The third-order valence-corrected chi connectivity index (χ3v) is 3.39. The first-order valence-electron chi connectivity index (χ1n) is 4.08. The summed E-state index contributed by atoms with van der Waals surface area (Å²) in [4.78, 5) is 1.34. The molecule has 0 aliphatic heterocycles. The van der Waals surface area contributed by atoms with E-state index in [2.05, 4.69) is 0 Å². The SMILES string of the molecule is CCc1ccc(C(C)(O)C(F)F)s1. The van der Waals surface area contributed by atoms with E-state index in [4.69, 9.17) is 0 Å². The molecule has 0 amide bonds. The highest BCUT2D eigenvalue weighted by Gasteiger charge is 2.35. The number of rotatable bonds is 3. The molecule has 0 saturated heterocycles. The maximum Gasteiger partial charge on any atom is 0.271 e. The molecular formula is C9H12F2OS. The van der Waals surface area contributed by atoms with Crippen molar-refractivity contribution >= 4 is 11.3 Å². The minimum absolute atomic E-state index is 0.333. The van der Waals surface area contributed by atoms with Crippen molar-refractivity contribution in [1.29, 1.82) is 0 Å². The minimum atomic E-state index is -2.74. The first-order chi connectivity index (χ1) is 5.98. The van der Waals surface area contributed by atoms with E-state index in [1.54, 1.807) is 12.1 Å². The lowest BCUT2D eigenvalue weighted by Gasteiger charge is -2.20. The normalized spacial score (nSPS) is 16.2. The first kappa shape index (κ1) is 10.6. The van der Waals surface area contributed by atoms with E-state index < -0.39 is 12.0 Å². The maximum atomic E-state index is 12.4. The molecular weight excluding hydrogens is 194 g/mol. The lowest BCUT2D eigenvalue weighted by molar-refractivity contribution is -0.0858. The molecule has 0 bridgehead atoms. The number of aryl methyl sites for hydroxylation is 1. The minimum Gasteiger partial charge on any atom is -0.379 e. The summed E-state index contributed by atoms with van der Waals surface area (Å²) in [5.41, 5.74) is -2.00. The van der Waals surface area contributed by atoms with E-state index in [1.165, 1.54) is 11.3 Å². The van der Waals surface area contributed by atoms with Crippen LogP contribution in [0.25, 0.3) is 0 Å². The first-order valence-corrected chi connectivity index (χ1v) is 4.89. The summed E-state index contributed by atoms with van der Waals surface area (Å²) < 4.78 is 24.7. The summed E-state index contributed by atoms with van der Waals surface area (Å²) in [6.45, 7) is 3.09. The van der Waals surface area contributed by atoms with Crippen LogP contribution >= 0.6 is 11.3 Å². The van der Waals surface area contributed by atoms with Gasteiger partial charge >= 0.3 is 0 Å². The second kappa shape index (κ2) is 3.72. The van der Waals surface area contributed by atoms with Crippen molar-refractivity contribution in [3.8, 4) is 0 Å². The van der Waals surface area contributed by atoms with Crippen LogP contribution in [-0.4, -0.2) is 11.5 Å². The van der Waals surface area contributed by atoms with E-state index in [0.29, 0.717) is 4.88 Å². The summed E-state index contributed by atoms with van der Waals surface area (Å²) in [5, 5.41) is 9.43. The second-order valence-corrected chi connectivity index (χ2v) is 4.24. The van der Waals surface area contributed by atoms with Gasteiger partial charge in [-0.2, -0.15) is 0 Å². The fourth-order valence-electron chi connectivity index (χ4n) is 0.947. The smallest absolute Gasteiger partial charge is 0.271 e. The van der Waals surface area contributed by atoms with Crippen molar-refractivity contribution in [2.75, 3.05) is 0 Å². The Bertz CT molecular complexity index is 281. The lowest BCUT2D eigenvalue weighted by atomic mass is 10.1. The van der Waals surface area contributed by atoms with Gasteiger partial charge in [-0.25, -0.2) is 8.78 Å². The molecule has 1 N–H and O–H groups in total. The highest BCUT2D eigenvalue weighted by molar-refractivity contribution is 7.12. The predicted molar refractivity (Wildman–Crippen MR) is 49.3 cm³/mol. The quantitative estimate of drug-likeness (QED) is 0.806. The van der Waals surface area contributed by atoms with Crippen LogP contribution in [0, 0.1) is 0 Å². The van der Waals surface area contributed by atoms with Crippen molar-refractivity contribution in [3.05, 3.63) is 21.9 Å². The molecule has 0 saturated carbocycles. The van der Waals surface area contributed by atoms with Crippen LogP contribution in [0.1, 0.15) is 23.6 Å². The largest absolute Gasteiger partial charge is 0.379 e. The third-order valence-electron chi connectivity index (χ3n) is 1.93. The standard InChI is InChI=1S/C9H12F2OS/c1-3-6-4-5-7(13-6)9(2,12)8(10)11/h4-5,8,12H,3H2,1-2H3. The molecule has 13 heavy (non-hydrogen) atoms. The Kier molecular flexibility index (Phi) is 3.03. The van der Waals surface area contributed by atoms with Crippen LogP contribution in [0.4, 0.5) is 8.78 Å². The number of hydrogen-bond acceptors (Lipinski definition) is 2. The van der Waals surface area contributed by atoms with Gasteiger partial charge in [0.2, 0.25) is 0 Å². The molecule has 1 atom stereocenters. The van der Waals surface area contributed by atoms with Gasteiger partial charge in [-0.3, -0.25) is 0 Å². The highest BCUT2D eigenvalue weighted by Crippen LogP contribution is 2.33. The molecule has 0 radical (unpaired) electrons. The molecule has 1 aromatic heterocycles. The topological polar surface area (TPSA) is 20.2 Å². The van der Waals surface area contributed by atoms with Crippen molar-refractivity contribution in [3.63, 3.8) is 0 Å². The second-order valence-electron chi connectivity index (χ2n) is 3.07. The van der Waals surface area contributed by atoms with Crippen LogP contribution in [0.15, 0.2) is 12.1 Å². The van der Waals surface area contributed by atoms with E-state index in [-0.39, 0.29) is 0 Å². The fraction of sp³-hybridized carbons (Fsp3) is 0.556. The van der Waals surface area contributed by atoms with Gasteiger partial charge in [0.15, 0.2) is 5.60 Å². The molecule has 1 heterocycles. The Morgan fingerprint density at radius 3 is 2.54 bits per heavy atom. The van der Waals surface area contributed by atoms with E-state index >= 15 is 0 Å². The average molecular weight is 206 g/mol. The Hall–Kier alpha value is -0.480. The Balaban J connectivity index is 2.93. The molecule has 1 nitrogen and oxygen atoms in total. The summed E-state index contributed by atoms with van der Waals surface area (Å²) in [5.74, 6) is 0. The molecule has 0 aromatic carbocycles. The predicted octanol–water partition coefficient (Wildman–Crippen LogP) is 2.78. The van der Waals surface area contributed by atoms with Crippen LogP contribution in [0.3, 0.4) is 0 Å². The molecule has 1 aromatic rings. The molecule has 0 aliphatic carbocycles. The Morgan fingerprint density at radius 1 is 1.54 bits per heavy atom. The molecule has 0 fully saturated rings. The van der Waals surface area contributed by atoms with Gasteiger partial charge in [0.25, 0.3) is 6.43 Å². The maximum absolute atomic E-state index is 12.4. The van der Waals surface area contributed by atoms with Crippen molar-refractivity contribution in [1.82, 2.24) is 0 Å². The van der Waals surface area contributed by atoms with Gasteiger partial charge in [-0.1, -0.05) is 6.92 Å². The summed E-state index contributed by atoms with van der Waals surface area (Å²) >= 11 is 1.24. The van der Waals surface area contributed by atoms with Crippen LogP contribution in [0.5, 0.6) is 0 Å². The van der Waals surface area contributed by atoms with E-state index in [9.17, 15) is 13.9 Å². The molecule has 0 spiro atoms. The van der Waals surface area contributed by atoms with Gasteiger partial charge in [0, 0.05) is 9.75 Å². The third kappa shape index (κ3) is 2.06. The van der Waals surface area contributed by atoms with Crippen molar-refractivity contribution < 1.29 is 13.9 Å². The zero-order valence-corrected chi connectivity index (χ0v) is 8.37. The van der Waals surface area contributed by atoms with Gasteiger partial charge in [-0.05, 0) is 25.5 Å². The number of thiophene rings is 1. The lowest BCUT2D eigenvalue weighted by Crippen LogP contribution is -2.29. The van der Waals surface area contributed by atoms with E-state index in [0.717, 1.165) is 18.2 Å². The number of aliphatic hydroxyl groups is 1. The fourth-order valence-corrected chi connectivity index (χ4v) is 1.94. The van der Waals surface area contributed by atoms with Gasteiger partial charge in [-0.15, -0.1) is 11.3 Å². The van der Waals surface area contributed by atoms with Gasteiger partial charge in [0.05, 0.1) is 0 Å². The summed E-state index contributed by atoms with van der Waals surface area (Å²) in [6.07, 6.45) is -1.93. The molecule has 0 aliphatic rings. The number of halogens is 2. The number of alkyl halides is 2. The molecule has 1 unspecified atom stereocenters. The number of hydrogen-bond donors (Lipinski definition) is 1. The van der Waals surface area contributed by atoms with Crippen LogP contribution in [-0.2, 0) is 12.0 Å². The zero-order valence-electron chi connectivity index (χ0n) is 7.55. The van der Waals surface area contributed by atoms with Crippen LogP contribution < -0.4 is 0 Å².